The monoisotopic (exact) mass is 252 g/mol. The summed E-state index contributed by atoms with van der Waals surface area (Å²) in [7, 11) is 0. The van der Waals surface area contributed by atoms with Crippen molar-refractivity contribution in [2.24, 2.45) is 5.92 Å². The van der Waals surface area contributed by atoms with E-state index in [4.69, 9.17) is 16.3 Å². The van der Waals surface area contributed by atoms with Gasteiger partial charge in [0.2, 0.25) is 0 Å². The average Bonchev–Trinajstić information content (AvgIpc) is 2.88. The zero-order valence-corrected chi connectivity index (χ0v) is 9.93. The predicted octanol–water partition coefficient (Wildman–Crippen LogP) is 2.69. The number of carboxylic acid groups (broad SMARTS) is 1. The molecule has 2 aliphatic heterocycles. The summed E-state index contributed by atoms with van der Waals surface area (Å²) in [5.41, 5.74) is 0.983. The molecule has 0 radical (unpaired) electrons. The summed E-state index contributed by atoms with van der Waals surface area (Å²) in [5.74, 6) is -1.24. The van der Waals surface area contributed by atoms with Crippen molar-refractivity contribution in [2.75, 3.05) is 0 Å². The lowest BCUT2D eigenvalue weighted by molar-refractivity contribution is -0.143. The number of aliphatic carboxylic acids is 1. The van der Waals surface area contributed by atoms with Crippen molar-refractivity contribution in [2.45, 2.75) is 31.0 Å². The van der Waals surface area contributed by atoms with Crippen LogP contribution in [0.1, 0.15) is 24.3 Å². The highest BCUT2D eigenvalue weighted by Gasteiger charge is 2.52. The van der Waals surface area contributed by atoms with Crippen LogP contribution in [-0.4, -0.2) is 23.3 Å². The van der Waals surface area contributed by atoms with Gasteiger partial charge in [0.1, 0.15) is 0 Å². The Balaban J connectivity index is 1.98. The van der Waals surface area contributed by atoms with E-state index in [1.807, 2.05) is 18.2 Å². The van der Waals surface area contributed by atoms with Gasteiger partial charge in [0.05, 0.1) is 18.1 Å². The number of carbonyl (C=O) groups is 1. The molecule has 2 bridgehead atoms. The van der Waals surface area contributed by atoms with E-state index in [9.17, 15) is 9.90 Å². The van der Waals surface area contributed by atoms with Crippen LogP contribution in [0.15, 0.2) is 24.3 Å². The van der Waals surface area contributed by atoms with Crippen LogP contribution in [0.25, 0.3) is 0 Å². The molecule has 1 aromatic carbocycles. The maximum atomic E-state index is 11.3. The topological polar surface area (TPSA) is 46.5 Å². The molecule has 3 nitrogen and oxygen atoms in total. The Hall–Kier alpha value is -1.06. The van der Waals surface area contributed by atoms with Gasteiger partial charge in [-0.2, -0.15) is 0 Å². The third kappa shape index (κ3) is 1.74. The van der Waals surface area contributed by atoms with Crippen molar-refractivity contribution in [3.05, 3.63) is 34.9 Å². The molecule has 4 atom stereocenters. The van der Waals surface area contributed by atoms with Crippen molar-refractivity contribution < 1.29 is 14.6 Å². The molecule has 17 heavy (non-hydrogen) atoms. The Kier molecular flexibility index (Phi) is 2.60. The molecule has 4 heteroatoms. The first-order chi connectivity index (χ1) is 8.16. The molecule has 4 unspecified atom stereocenters. The molecule has 0 amide bonds. The molecule has 2 saturated heterocycles. The molecule has 90 valence electrons. The minimum absolute atomic E-state index is 0.0413. The van der Waals surface area contributed by atoms with Crippen molar-refractivity contribution in [1.82, 2.24) is 0 Å². The van der Waals surface area contributed by atoms with E-state index in [2.05, 4.69) is 0 Å². The highest BCUT2D eigenvalue weighted by molar-refractivity contribution is 6.30. The van der Waals surface area contributed by atoms with Crippen LogP contribution < -0.4 is 0 Å². The smallest absolute Gasteiger partial charge is 0.309 e. The van der Waals surface area contributed by atoms with E-state index in [0.717, 1.165) is 18.4 Å². The number of carboxylic acids is 1. The van der Waals surface area contributed by atoms with Crippen LogP contribution in [0.4, 0.5) is 0 Å². The van der Waals surface area contributed by atoms with Crippen LogP contribution in [0.2, 0.25) is 5.02 Å². The van der Waals surface area contributed by atoms with E-state index in [-0.39, 0.29) is 18.1 Å². The second kappa shape index (κ2) is 4.00. The number of hydrogen-bond acceptors (Lipinski definition) is 2. The molecule has 0 saturated carbocycles. The first-order valence-corrected chi connectivity index (χ1v) is 6.18. The van der Waals surface area contributed by atoms with Gasteiger partial charge < -0.3 is 9.84 Å². The van der Waals surface area contributed by atoms with Crippen molar-refractivity contribution in [3.8, 4) is 0 Å². The molecule has 0 aromatic heterocycles. The third-order valence-corrected chi connectivity index (χ3v) is 4.03. The van der Waals surface area contributed by atoms with Gasteiger partial charge >= 0.3 is 5.97 Å². The van der Waals surface area contributed by atoms with Gasteiger partial charge in [-0.05, 0) is 30.5 Å². The van der Waals surface area contributed by atoms with Crippen LogP contribution in [0.5, 0.6) is 0 Å². The molecule has 2 aliphatic rings. The average molecular weight is 253 g/mol. The minimum atomic E-state index is -0.762. The molecule has 2 fully saturated rings. The zero-order valence-electron chi connectivity index (χ0n) is 9.17. The Labute approximate surface area is 104 Å². The largest absolute Gasteiger partial charge is 0.481 e. The Morgan fingerprint density at radius 2 is 2.12 bits per heavy atom. The molecule has 1 aromatic rings. The zero-order chi connectivity index (χ0) is 12.0. The van der Waals surface area contributed by atoms with Crippen molar-refractivity contribution in [3.63, 3.8) is 0 Å². The molecule has 3 rings (SSSR count). The second-order valence-electron chi connectivity index (χ2n) is 4.74. The standard InChI is InChI=1S/C13H13ClO3/c14-8-3-1-2-7(6-8)11-9-4-5-10(17-9)12(11)13(15)16/h1-3,6,9-12H,4-5H2,(H,15,16). The third-order valence-electron chi connectivity index (χ3n) is 3.79. The van der Waals surface area contributed by atoms with E-state index < -0.39 is 11.9 Å². The van der Waals surface area contributed by atoms with Gasteiger partial charge in [0.15, 0.2) is 0 Å². The first kappa shape index (κ1) is 11.1. The number of halogens is 1. The number of rotatable bonds is 2. The Bertz CT molecular complexity index is 460. The van der Waals surface area contributed by atoms with Crippen LogP contribution in [-0.2, 0) is 9.53 Å². The minimum Gasteiger partial charge on any atom is -0.481 e. The SMILES string of the molecule is O=C(O)C1C2CCC(O2)C1c1cccc(Cl)c1. The van der Waals surface area contributed by atoms with Crippen molar-refractivity contribution in [1.29, 1.82) is 0 Å². The first-order valence-electron chi connectivity index (χ1n) is 5.80. The van der Waals surface area contributed by atoms with Crippen LogP contribution >= 0.6 is 11.6 Å². The van der Waals surface area contributed by atoms with E-state index in [0.29, 0.717) is 5.02 Å². The van der Waals surface area contributed by atoms with E-state index in [1.54, 1.807) is 6.07 Å². The molecular formula is C13H13ClO3. The summed E-state index contributed by atoms with van der Waals surface area (Å²) in [6, 6.07) is 7.46. The summed E-state index contributed by atoms with van der Waals surface area (Å²) in [5, 5.41) is 9.97. The molecule has 0 spiro atoms. The Morgan fingerprint density at radius 3 is 2.82 bits per heavy atom. The summed E-state index contributed by atoms with van der Waals surface area (Å²) < 4.78 is 5.73. The highest BCUT2D eigenvalue weighted by atomic mass is 35.5. The summed E-state index contributed by atoms with van der Waals surface area (Å²) >= 11 is 5.96. The molecule has 0 aliphatic carbocycles. The lowest BCUT2D eigenvalue weighted by atomic mass is 9.75. The van der Waals surface area contributed by atoms with Gasteiger partial charge in [0, 0.05) is 10.9 Å². The van der Waals surface area contributed by atoms with Gasteiger partial charge in [-0.1, -0.05) is 23.7 Å². The fourth-order valence-electron chi connectivity index (χ4n) is 3.13. The summed E-state index contributed by atoms with van der Waals surface area (Å²) in [6.45, 7) is 0. The maximum Gasteiger partial charge on any atom is 0.309 e. The lowest BCUT2D eigenvalue weighted by Crippen LogP contribution is -2.31. The fourth-order valence-corrected chi connectivity index (χ4v) is 3.33. The molecular weight excluding hydrogens is 240 g/mol. The summed E-state index contributed by atoms with van der Waals surface area (Å²) in [4.78, 5) is 11.3. The normalized spacial score (nSPS) is 35.1. The predicted molar refractivity (Wildman–Crippen MR) is 63.2 cm³/mol. The van der Waals surface area contributed by atoms with Crippen molar-refractivity contribution >= 4 is 17.6 Å². The van der Waals surface area contributed by atoms with Gasteiger partial charge in [0.25, 0.3) is 0 Å². The number of ether oxygens (including phenoxy) is 1. The number of benzene rings is 1. The van der Waals surface area contributed by atoms with Crippen LogP contribution in [0, 0.1) is 5.92 Å². The van der Waals surface area contributed by atoms with Gasteiger partial charge in [-0.3, -0.25) is 4.79 Å². The quantitative estimate of drug-likeness (QED) is 0.880. The van der Waals surface area contributed by atoms with Crippen LogP contribution in [0.3, 0.4) is 0 Å². The maximum absolute atomic E-state index is 11.3. The fraction of sp³-hybridized carbons (Fsp3) is 0.462. The lowest BCUT2D eigenvalue weighted by Gasteiger charge is -2.25. The Morgan fingerprint density at radius 1 is 1.35 bits per heavy atom. The molecule has 1 N–H and O–H groups in total. The van der Waals surface area contributed by atoms with E-state index >= 15 is 0 Å². The molecule has 2 heterocycles. The summed E-state index contributed by atoms with van der Waals surface area (Å²) in [6.07, 6.45) is 1.73. The number of hydrogen-bond donors (Lipinski definition) is 1. The van der Waals surface area contributed by atoms with E-state index in [1.165, 1.54) is 0 Å². The highest BCUT2D eigenvalue weighted by Crippen LogP contribution is 2.49. The van der Waals surface area contributed by atoms with Gasteiger partial charge in [-0.25, -0.2) is 0 Å². The second-order valence-corrected chi connectivity index (χ2v) is 5.17. The number of fused-ring (bicyclic) bond motifs is 2. The van der Waals surface area contributed by atoms with Gasteiger partial charge in [-0.15, -0.1) is 0 Å².